The van der Waals surface area contributed by atoms with Gasteiger partial charge in [-0.25, -0.2) is 0 Å². The molecule has 1 aromatic carbocycles. The Labute approximate surface area is 69.5 Å². The molecule has 0 aliphatic carbocycles. The Morgan fingerprint density at radius 1 is 1.18 bits per heavy atom. The van der Waals surface area contributed by atoms with E-state index in [2.05, 4.69) is 42.8 Å². The van der Waals surface area contributed by atoms with Crippen molar-refractivity contribution in [3.05, 3.63) is 30.3 Å². The van der Waals surface area contributed by atoms with Crippen molar-refractivity contribution >= 4 is 13.9 Å². The fourth-order valence-corrected chi connectivity index (χ4v) is 1.94. The normalized spacial score (nSPS) is 11.2. The summed E-state index contributed by atoms with van der Waals surface area (Å²) >= 11 is 0. The van der Waals surface area contributed by atoms with Crippen molar-refractivity contribution in [3.8, 4) is 0 Å². The van der Waals surface area contributed by atoms with Crippen LogP contribution in [0.2, 0.25) is 19.6 Å². The third kappa shape index (κ3) is 3.23. The second kappa shape index (κ2) is 3.09. The summed E-state index contributed by atoms with van der Waals surface area (Å²) in [6, 6.07) is 11.0. The molecule has 0 fully saturated rings. The van der Waals surface area contributed by atoms with E-state index >= 15 is 0 Å². The van der Waals surface area contributed by atoms with Gasteiger partial charge in [-0.2, -0.15) is 0 Å². The molecule has 11 heavy (non-hydrogen) atoms. The molecular formula is C9H14NSi. The Morgan fingerprint density at radius 3 is 2.18 bits per heavy atom. The van der Waals surface area contributed by atoms with Crippen molar-refractivity contribution in [3.63, 3.8) is 0 Å². The maximum Gasteiger partial charge on any atom is 0.144 e. The Hall–Kier alpha value is -0.763. The summed E-state index contributed by atoms with van der Waals surface area (Å²) in [5, 5.41) is 0. The van der Waals surface area contributed by atoms with Crippen LogP contribution in [0.15, 0.2) is 24.3 Å². The highest BCUT2D eigenvalue weighted by molar-refractivity contribution is 6.79. The van der Waals surface area contributed by atoms with E-state index in [0.29, 0.717) is 0 Å². The quantitative estimate of drug-likeness (QED) is 0.663. The average Bonchev–Trinajstić information content (AvgIpc) is 1.85. The van der Waals surface area contributed by atoms with Crippen molar-refractivity contribution in [1.82, 2.24) is 0 Å². The molecule has 1 rings (SSSR count). The molecule has 0 spiro atoms. The first-order valence-electron chi connectivity index (χ1n) is 3.82. The van der Waals surface area contributed by atoms with E-state index in [1.54, 1.807) is 0 Å². The summed E-state index contributed by atoms with van der Waals surface area (Å²) in [6.07, 6.45) is 0. The van der Waals surface area contributed by atoms with Gasteiger partial charge in [-0.15, -0.1) is 0 Å². The molecule has 1 radical (unpaired) electrons. The van der Waals surface area contributed by atoms with E-state index in [9.17, 15) is 0 Å². The highest BCUT2D eigenvalue weighted by atomic mass is 28.3. The summed E-state index contributed by atoms with van der Waals surface area (Å²) in [6.45, 7) is 6.84. The molecule has 0 aliphatic rings. The second-order valence-electron chi connectivity index (χ2n) is 3.66. The van der Waals surface area contributed by atoms with E-state index in [0.717, 1.165) is 0 Å². The Kier molecular flexibility index (Phi) is 2.34. The largest absolute Gasteiger partial charge is 0.411 e. The van der Waals surface area contributed by atoms with Gasteiger partial charge in [-0.05, 0) is 18.2 Å². The lowest BCUT2D eigenvalue weighted by atomic mass is 10.3. The number of anilines is 1. The molecule has 0 saturated carbocycles. The van der Waals surface area contributed by atoms with Gasteiger partial charge in [0.1, 0.15) is 8.24 Å². The van der Waals surface area contributed by atoms with Gasteiger partial charge in [0.2, 0.25) is 0 Å². The molecular weight excluding hydrogens is 150 g/mol. The molecule has 0 aromatic heterocycles. The Bertz CT molecular complexity index is 213. The van der Waals surface area contributed by atoms with Crippen LogP contribution in [0.4, 0.5) is 5.69 Å². The highest BCUT2D eigenvalue weighted by Gasteiger charge is 2.11. The van der Waals surface area contributed by atoms with Crippen LogP contribution in [0.1, 0.15) is 0 Å². The standard InChI is InChI=1S/C9H14NSi/c1-11(2,3)10-9-7-5-4-6-8-9/h5-8,10H,1-3H3. The first-order valence-corrected chi connectivity index (χ1v) is 7.32. The van der Waals surface area contributed by atoms with Gasteiger partial charge in [0.15, 0.2) is 0 Å². The molecule has 2 heteroatoms. The number of hydrogen-bond acceptors (Lipinski definition) is 1. The summed E-state index contributed by atoms with van der Waals surface area (Å²) in [5.41, 5.74) is 1.21. The monoisotopic (exact) mass is 164 g/mol. The third-order valence-corrected chi connectivity index (χ3v) is 2.28. The van der Waals surface area contributed by atoms with Gasteiger partial charge in [-0.1, -0.05) is 31.8 Å². The summed E-state index contributed by atoms with van der Waals surface area (Å²) < 4.78 is 0. The van der Waals surface area contributed by atoms with Gasteiger partial charge < -0.3 is 4.98 Å². The van der Waals surface area contributed by atoms with E-state index < -0.39 is 8.24 Å². The van der Waals surface area contributed by atoms with Crippen LogP contribution in [-0.4, -0.2) is 8.24 Å². The fourth-order valence-electron chi connectivity index (χ4n) is 0.903. The molecule has 1 N–H and O–H groups in total. The summed E-state index contributed by atoms with van der Waals surface area (Å²) in [5.74, 6) is 0. The van der Waals surface area contributed by atoms with Crippen LogP contribution in [0, 0.1) is 6.07 Å². The molecule has 0 atom stereocenters. The van der Waals surface area contributed by atoms with Gasteiger partial charge in [-0.3, -0.25) is 0 Å². The van der Waals surface area contributed by atoms with Crippen molar-refractivity contribution in [2.45, 2.75) is 19.6 Å². The van der Waals surface area contributed by atoms with Gasteiger partial charge >= 0.3 is 0 Å². The molecule has 59 valence electrons. The lowest BCUT2D eigenvalue weighted by Gasteiger charge is -2.19. The lowest BCUT2D eigenvalue weighted by molar-refractivity contribution is 1.57. The van der Waals surface area contributed by atoms with Crippen molar-refractivity contribution in [2.24, 2.45) is 0 Å². The molecule has 1 aromatic rings. The minimum absolute atomic E-state index is 1.16. The van der Waals surface area contributed by atoms with Crippen LogP contribution in [0.25, 0.3) is 0 Å². The van der Waals surface area contributed by atoms with Crippen molar-refractivity contribution in [2.75, 3.05) is 4.98 Å². The average molecular weight is 164 g/mol. The Balaban J connectivity index is 2.66. The predicted octanol–water partition coefficient (Wildman–Crippen LogP) is 2.73. The Morgan fingerprint density at radius 2 is 1.73 bits per heavy atom. The van der Waals surface area contributed by atoms with Crippen LogP contribution >= 0.6 is 0 Å². The smallest absolute Gasteiger partial charge is 0.144 e. The lowest BCUT2D eigenvalue weighted by Crippen LogP contribution is -2.31. The minimum atomic E-state index is -1.16. The first-order chi connectivity index (χ1) is 5.08. The van der Waals surface area contributed by atoms with Crippen LogP contribution < -0.4 is 4.98 Å². The second-order valence-corrected chi connectivity index (χ2v) is 8.41. The number of benzene rings is 1. The van der Waals surface area contributed by atoms with Gasteiger partial charge in [0.25, 0.3) is 0 Å². The molecule has 0 aliphatic heterocycles. The molecule has 0 heterocycles. The van der Waals surface area contributed by atoms with Crippen LogP contribution in [-0.2, 0) is 0 Å². The van der Waals surface area contributed by atoms with Crippen LogP contribution in [0.5, 0.6) is 0 Å². The predicted molar refractivity (Wildman–Crippen MR) is 52.2 cm³/mol. The molecule has 1 nitrogen and oxygen atoms in total. The fraction of sp³-hybridized carbons (Fsp3) is 0.333. The van der Waals surface area contributed by atoms with Crippen molar-refractivity contribution < 1.29 is 0 Å². The number of nitrogens with one attached hydrogen (secondary N) is 1. The van der Waals surface area contributed by atoms with Crippen LogP contribution in [0.3, 0.4) is 0 Å². The number of hydrogen-bond donors (Lipinski definition) is 1. The number of rotatable bonds is 2. The SMILES string of the molecule is C[Si](C)(C)Nc1cc[c]cc1. The zero-order valence-corrected chi connectivity index (χ0v) is 8.31. The van der Waals surface area contributed by atoms with Gasteiger partial charge in [0.05, 0.1) is 0 Å². The van der Waals surface area contributed by atoms with E-state index in [-0.39, 0.29) is 0 Å². The highest BCUT2D eigenvalue weighted by Crippen LogP contribution is 2.10. The van der Waals surface area contributed by atoms with E-state index in [1.807, 2.05) is 12.1 Å². The third-order valence-electron chi connectivity index (χ3n) is 1.24. The molecule has 0 amide bonds. The van der Waals surface area contributed by atoms with E-state index in [1.165, 1.54) is 5.69 Å². The maximum atomic E-state index is 3.50. The van der Waals surface area contributed by atoms with E-state index in [4.69, 9.17) is 0 Å². The van der Waals surface area contributed by atoms with Gasteiger partial charge in [0, 0.05) is 5.69 Å². The maximum absolute atomic E-state index is 3.50. The minimum Gasteiger partial charge on any atom is -0.411 e. The first kappa shape index (κ1) is 8.33. The zero-order valence-electron chi connectivity index (χ0n) is 7.31. The molecule has 0 saturated heterocycles. The molecule has 0 unspecified atom stereocenters. The zero-order chi connectivity index (χ0) is 8.32. The van der Waals surface area contributed by atoms with Crippen molar-refractivity contribution in [1.29, 1.82) is 0 Å². The summed E-state index contributed by atoms with van der Waals surface area (Å²) in [7, 11) is -1.16. The summed E-state index contributed by atoms with van der Waals surface area (Å²) in [4.78, 5) is 3.50. The topological polar surface area (TPSA) is 12.0 Å². The molecule has 0 bridgehead atoms.